The van der Waals surface area contributed by atoms with Crippen LogP contribution in [-0.2, 0) is 4.74 Å². The van der Waals surface area contributed by atoms with Crippen LogP contribution in [0.4, 0.5) is 5.69 Å². The average molecular weight is 200 g/mol. The number of hydrogen-bond acceptors (Lipinski definition) is 2. The lowest BCUT2D eigenvalue weighted by atomic mass is 10.3. The van der Waals surface area contributed by atoms with Crippen LogP contribution in [0.2, 0.25) is 5.02 Å². The second kappa shape index (κ2) is 5.10. The van der Waals surface area contributed by atoms with Crippen molar-refractivity contribution in [3.05, 3.63) is 29.3 Å². The Balaban J connectivity index is 2.53. The smallest absolute Gasteiger partial charge is 0.0661 e. The van der Waals surface area contributed by atoms with Crippen molar-refractivity contribution in [2.24, 2.45) is 0 Å². The lowest BCUT2D eigenvalue weighted by molar-refractivity contribution is 0.190. The summed E-state index contributed by atoms with van der Waals surface area (Å²) in [5, 5.41) is 4.02. The summed E-state index contributed by atoms with van der Waals surface area (Å²) in [6.07, 6.45) is 0. The number of anilines is 1. The Morgan fingerprint density at radius 1 is 1.54 bits per heavy atom. The van der Waals surface area contributed by atoms with E-state index in [0.717, 1.165) is 10.7 Å². The molecule has 13 heavy (non-hydrogen) atoms. The summed E-state index contributed by atoms with van der Waals surface area (Å²) in [7, 11) is 1.69. The van der Waals surface area contributed by atoms with Crippen molar-refractivity contribution in [2.45, 2.75) is 13.0 Å². The van der Waals surface area contributed by atoms with E-state index in [1.165, 1.54) is 0 Å². The van der Waals surface area contributed by atoms with Crippen molar-refractivity contribution in [3.8, 4) is 0 Å². The highest BCUT2D eigenvalue weighted by Crippen LogP contribution is 2.15. The fraction of sp³-hybridized carbons (Fsp3) is 0.400. The molecule has 0 saturated carbocycles. The Bertz CT molecular complexity index is 265. The van der Waals surface area contributed by atoms with Gasteiger partial charge in [-0.2, -0.15) is 0 Å². The predicted molar refractivity (Wildman–Crippen MR) is 56.4 cm³/mol. The summed E-state index contributed by atoms with van der Waals surface area (Å²) in [5.74, 6) is 0. The molecule has 3 heteroatoms. The molecule has 0 spiro atoms. The molecule has 0 bridgehead atoms. The summed E-state index contributed by atoms with van der Waals surface area (Å²) in [6.45, 7) is 2.75. The number of ether oxygens (including phenoxy) is 1. The molecule has 1 atom stereocenters. The molecular weight excluding hydrogens is 186 g/mol. The topological polar surface area (TPSA) is 21.3 Å². The van der Waals surface area contributed by atoms with Crippen LogP contribution < -0.4 is 5.32 Å². The summed E-state index contributed by atoms with van der Waals surface area (Å²) < 4.78 is 5.01. The fourth-order valence-corrected chi connectivity index (χ4v) is 1.34. The SMILES string of the molecule is COC[C@H](C)Nc1cccc(Cl)c1. The maximum Gasteiger partial charge on any atom is 0.0661 e. The first-order chi connectivity index (χ1) is 6.22. The van der Waals surface area contributed by atoms with E-state index in [-0.39, 0.29) is 0 Å². The minimum atomic E-state index is 0.295. The lowest BCUT2D eigenvalue weighted by Crippen LogP contribution is -2.20. The van der Waals surface area contributed by atoms with Crippen LogP contribution in [0.25, 0.3) is 0 Å². The van der Waals surface area contributed by atoms with Crippen molar-refractivity contribution in [2.75, 3.05) is 19.0 Å². The number of rotatable bonds is 4. The molecule has 0 unspecified atom stereocenters. The van der Waals surface area contributed by atoms with Crippen molar-refractivity contribution < 1.29 is 4.74 Å². The zero-order chi connectivity index (χ0) is 9.68. The number of methoxy groups -OCH3 is 1. The average Bonchev–Trinajstić information content (AvgIpc) is 2.04. The molecule has 2 nitrogen and oxygen atoms in total. The summed E-state index contributed by atoms with van der Waals surface area (Å²) in [6, 6.07) is 7.95. The quantitative estimate of drug-likeness (QED) is 0.805. The normalized spacial score (nSPS) is 12.5. The number of halogens is 1. The van der Waals surface area contributed by atoms with E-state index in [9.17, 15) is 0 Å². The van der Waals surface area contributed by atoms with Crippen molar-refractivity contribution >= 4 is 17.3 Å². The molecule has 0 amide bonds. The van der Waals surface area contributed by atoms with Gasteiger partial charge in [0, 0.05) is 23.9 Å². The number of nitrogens with one attached hydrogen (secondary N) is 1. The highest BCUT2D eigenvalue weighted by atomic mass is 35.5. The zero-order valence-electron chi connectivity index (χ0n) is 7.88. The maximum atomic E-state index is 5.83. The highest BCUT2D eigenvalue weighted by Gasteiger charge is 2.00. The second-order valence-electron chi connectivity index (χ2n) is 3.01. The third-order valence-corrected chi connectivity index (χ3v) is 1.89. The fourth-order valence-electron chi connectivity index (χ4n) is 1.15. The van der Waals surface area contributed by atoms with E-state index in [1.807, 2.05) is 24.3 Å². The summed E-state index contributed by atoms with van der Waals surface area (Å²) >= 11 is 5.83. The largest absolute Gasteiger partial charge is 0.383 e. The first-order valence-electron chi connectivity index (χ1n) is 4.23. The molecule has 0 aliphatic carbocycles. The third kappa shape index (κ3) is 3.66. The Labute approximate surface area is 83.9 Å². The molecule has 0 fully saturated rings. The van der Waals surface area contributed by atoms with Gasteiger partial charge in [0.15, 0.2) is 0 Å². The van der Waals surface area contributed by atoms with Gasteiger partial charge >= 0.3 is 0 Å². The van der Waals surface area contributed by atoms with Gasteiger partial charge in [0.2, 0.25) is 0 Å². The van der Waals surface area contributed by atoms with Gasteiger partial charge in [0.25, 0.3) is 0 Å². The van der Waals surface area contributed by atoms with Gasteiger partial charge in [-0.05, 0) is 25.1 Å². The predicted octanol–water partition coefficient (Wildman–Crippen LogP) is 2.79. The highest BCUT2D eigenvalue weighted by molar-refractivity contribution is 6.30. The standard InChI is InChI=1S/C10H14ClNO/c1-8(7-13-2)12-10-5-3-4-9(11)6-10/h3-6,8,12H,7H2,1-2H3/t8-/m0/s1. The van der Waals surface area contributed by atoms with Gasteiger partial charge in [-0.15, -0.1) is 0 Å². The molecule has 1 rings (SSSR count). The van der Waals surface area contributed by atoms with E-state index >= 15 is 0 Å². The molecule has 1 N–H and O–H groups in total. The van der Waals surface area contributed by atoms with Gasteiger partial charge in [-0.1, -0.05) is 17.7 Å². The van der Waals surface area contributed by atoms with Gasteiger partial charge in [-0.25, -0.2) is 0 Å². The van der Waals surface area contributed by atoms with Crippen LogP contribution in [0.3, 0.4) is 0 Å². The molecule has 0 aliphatic heterocycles. The summed E-state index contributed by atoms with van der Waals surface area (Å²) in [5.41, 5.74) is 1.03. The third-order valence-electron chi connectivity index (χ3n) is 1.65. The first kappa shape index (κ1) is 10.4. The first-order valence-corrected chi connectivity index (χ1v) is 4.61. The maximum absolute atomic E-state index is 5.83. The molecule has 1 aromatic rings. The molecule has 72 valence electrons. The van der Waals surface area contributed by atoms with Crippen molar-refractivity contribution in [3.63, 3.8) is 0 Å². The van der Waals surface area contributed by atoms with Crippen molar-refractivity contribution in [1.82, 2.24) is 0 Å². The molecule has 0 saturated heterocycles. The Hall–Kier alpha value is -0.730. The van der Waals surface area contributed by atoms with E-state index in [4.69, 9.17) is 16.3 Å². The van der Waals surface area contributed by atoms with Gasteiger partial charge < -0.3 is 10.1 Å². The van der Waals surface area contributed by atoms with Crippen LogP contribution >= 0.6 is 11.6 Å². The molecule has 0 radical (unpaired) electrons. The molecule has 0 aromatic heterocycles. The molecule has 1 aromatic carbocycles. The Morgan fingerprint density at radius 3 is 2.92 bits per heavy atom. The second-order valence-corrected chi connectivity index (χ2v) is 3.45. The monoisotopic (exact) mass is 199 g/mol. The van der Waals surface area contributed by atoms with E-state index < -0.39 is 0 Å². The minimum absolute atomic E-state index is 0.295. The summed E-state index contributed by atoms with van der Waals surface area (Å²) in [4.78, 5) is 0. The van der Waals surface area contributed by atoms with Crippen LogP contribution in [0.15, 0.2) is 24.3 Å². The molecular formula is C10H14ClNO. The molecule has 0 heterocycles. The number of hydrogen-bond donors (Lipinski definition) is 1. The van der Waals surface area contributed by atoms with E-state index in [0.29, 0.717) is 12.6 Å². The zero-order valence-corrected chi connectivity index (χ0v) is 8.64. The number of benzene rings is 1. The van der Waals surface area contributed by atoms with Crippen LogP contribution in [0.5, 0.6) is 0 Å². The van der Waals surface area contributed by atoms with Crippen LogP contribution in [-0.4, -0.2) is 19.8 Å². The lowest BCUT2D eigenvalue weighted by Gasteiger charge is -2.13. The minimum Gasteiger partial charge on any atom is -0.383 e. The Kier molecular flexibility index (Phi) is 4.06. The van der Waals surface area contributed by atoms with Crippen LogP contribution in [0, 0.1) is 0 Å². The van der Waals surface area contributed by atoms with Crippen molar-refractivity contribution in [1.29, 1.82) is 0 Å². The Morgan fingerprint density at radius 2 is 2.31 bits per heavy atom. The van der Waals surface area contributed by atoms with E-state index in [2.05, 4.69) is 12.2 Å². The van der Waals surface area contributed by atoms with Gasteiger partial charge in [0.1, 0.15) is 0 Å². The van der Waals surface area contributed by atoms with E-state index in [1.54, 1.807) is 7.11 Å². The van der Waals surface area contributed by atoms with Gasteiger partial charge in [0.05, 0.1) is 6.61 Å². The van der Waals surface area contributed by atoms with Crippen LogP contribution in [0.1, 0.15) is 6.92 Å². The molecule has 0 aliphatic rings. The van der Waals surface area contributed by atoms with Gasteiger partial charge in [-0.3, -0.25) is 0 Å².